The first-order chi connectivity index (χ1) is 4.86. The monoisotopic (exact) mass is 140 g/mol. The van der Waals surface area contributed by atoms with Gasteiger partial charge in [-0.1, -0.05) is 6.92 Å². The normalized spacial score (nSPS) is 41.7. The molecule has 0 aromatic rings. The summed E-state index contributed by atoms with van der Waals surface area (Å²) < 4.78 is 0. The van der Waals surface area contributed by atoms with E-state index in [2.05, 4.69) is 17.1 Å². The van der Waals surface area contributed by atoms with Crippen molar-refractivity contribution < 1.29 is 0 Å². The fraction of sp³-hybridized carbons (Fsp3) is 1.00. The molecule has 0 spiro atoms. The van der Waals surface area contributed by atoms with E-state index in [0.717, 1.165) is 12.1 Å². The molecule has 2 heteroatoms. The Balaban J connectivity index is 1.97. The zero-order chi connectivity index (χ0) is 6.97. The zero-order valence-corrected chi connectivity index (χ0v) is 6.64. The second kappa shape index (κ2) is 2.51. The molecule has 2 aliphatic heterocycles. The molecule has 10 heavy (non-hydrogen) atoms. The van der Waals surface area contributed by atoms with Crippen molar-refractivity contribution in [1.82, 2.24) is 10.2 Å². The smallest absolute Gasteiger partial charge is 0.0600 e. The Morgan fingerprint density at radius 3 is 3.20 bits per heavy atom. The third kappa shape index (κ3) is 1.06. The number of nitrogens with one attached hydrogen (secondary N) is 1. The van der Waals surface area contributed by atoms with Gasteiger partial charge in [-0.25, -0.2) is 0 Å². The molecule has 1 N–H and O–H groups in total. The van der Waals surface area contributed by atoms with Crippen LogP contribution in [-0.4, -0.2) is 30.7 Å². The van der Waals surface area contributed by atoms with E-state index in [1.165, 1.54) is 32.5 Å². The third-order valence-electron chi connectivity index (χ3n) is 2.61. The van der Waals surface area contributed by atoms with E-state index in [1.807, 2.05) is 0 Å². The van der Waals surface area contributed by atoms with Crippen LogP contribution in [0.4, 0.5) is 0 Å². The van der Waals surface area contributed by atoms with Gasteiger partial charge in [0.1, 0.15) is 0 Å². The molecule has 2 heterocycles. The number of rotatable bonds is 0. The lowest BCUT2D eigenvalue weighted by Gasteiger charge is -2.30. The number of nitrogens with zero attached hydrogens (tertiary/aromatic N) is 1. The Morgan fingerprint density at radius 2 is 2.40 bits per heavy atom. The predicted molar refractivity (Wildman–Crippen MR) is 41.8 cm³/mol. The minimum atomic E-state index is 0.726. The quantitative estimate of drug-likeness (QED) is 0.531. The molecular weight excluding hydrogens is 124 g/mol. The fourth-order valence-electron chi connectivity index (χ4n) is 2.14. The van der Waals surface area contributed by atoms with Crippen molar-refractivity contribution in [3.8, 4) is 0 Å². The highest BCUT2D eigenvalue weighted by Crippen LogP contribution is 2.22. The van der Waals surface area contributed by atoms with E-state index in [4.69, 9.17) is 0 Å². The third-order valence-corrected chi connectivity index (χ3v) is 2.61. The average molecular weight is 140 g/mol. The van der Waals surface area contributed by atoms with Gasteiger partial charge < -0.3 is 5.32 Å². The molecule has 0 bridgehead atoms. The van der Waals surface area contributed by atoms with Crippen LogP contribution in [0.2, 0.25) is 0 Å². The van der Waals surface area contributed by atoms with Crippen LogP contribution in [0.5, 0.6) is 0 Å². The Kier molecular flexibility index (Phi) is 1.66. The first-order valence-corrected chi connectivity index (χ1v) is 4.33. The second-order valence-corrected chi connectivity index (χ2v) is 3.66. The van der Waals surface area contributed by atoms with Crippen LogP contribution >= 0.6 is 0 Å². The van der Waals surface area contributed by atoms with E-state index < -0.39 is 0 Å². The maximum atomic E-state index is 3.54. The minimum Gasteiger partial charge on any atom is -0.302 e. The van der Waals surface area contributed by atoms with Gasteiger partial charge in [0.05, 0.1) is 6.17 Å². The topological polar surface area (TPSA) is 15.3 Å². The van der Waals surface area contributed by atoms with Gasteiger partial charge in [-0.3, -0.25) is 4.90 Å². The minimum absolute atomic E-state index is 0.726. The summed E-state index contributed by atoms with van der Waals surface area (Å²) in [5.41, 5.74) is 0. The van der Waals surface area contributed by atoms with Gasteiger partial charge in [0.2, 0.25) is 0 Å². The highest BCUT2D eigenvalue weighted by atomic mass is 15.3. The number of hydrogen-bond acceptors (Lipinski definition) is 2. The Hall–Kier alpha value is -0.0800. The van der Waals surface area contributed by atoms with Gasteiger partial charge in [0.25, 0.3) is 0 Å². The fourth-order valence-corrected chi connectivity index (χ4v) is 2.14. The summed E-state index contributed by atoms with van der Waals surface area (Å²) >= 11 is 0. The largest absolute Gasteiger partial charge is 0.302 e. The van der Waals surface area contributed by atoms with Gasteiger partial charge in [0, 0.05) is 13.1 Å². The van der Waals surface area contributed by atoms with Crippen molar-refractivity contribution in [1.29, 1.82) is 0 Å². The summed E-state index contributed by atoms with van der Waals surface area (Å²) in [6.07, 6.45) is 3.42. The molecule has 2 nitrogen and oxygen atoms in total. The molecule has 2 atom stereocenters. The van der Waals surface area contributed by atoms with Crippen molar-refractivity contribution in [2.75, 3.05) is 19.6 Å². The van der Waals surface area contributed by atoms with Crippen molar-refractivity contribution in [2.24, 2.45) is 5.92 Å². The first kappa shape index (κ1) is 6.62. The van der Waals surface area contributed by atoms with Gasteiger partial charge in [0.15, 0.2) is 0 Å². The zero-order valence-electron chi connectivity index (χ0n) is 6.64. The summed E-state index contributed by atoms with van der Waals surface area (Å²) in [4.78, 5) is 2.58. The van der Waals surface area contributed by atoms with E-state index in [0.29, 0.717) is 0 Å². The van der Waals surface area contributed by atoms with Crippen LogP contribution in [0.25, 0.3) is 0 Å². The molecule has 0 saturated carbocycles. The summed E-state index contributed by atoms with van der Waals surface area (Å²) in [6, 6.07) is 0. The molecule has 0 aromatic heterocycles. The van der Waals surface area contributed by atoms with E-state index in [1.54, 1.807) is 0 Å². The molecule has 58 valence electrons. The summed E-state index contributed by atoms with van der Waals surface area (Å²) in [5.74, 6) is 0.913. The standard InChI is InChI=1S/C8H16N2/c1-7-5-8-9-3-2-4-10(8)6-7/h7-9H,2-6H2,1H3/t7-,8-/m0/s1. The van der Waals surface area contributed by atoms with E-state index in [-0.39, 0.29) is 0 Å². The highest BCUT2D eigenvalue weighted by molar-refractivity contribution is 4.84. The summed E-state index contributed by atoms with van der Waals surface area (Å²) in [7, 11) is 0. The predicted octanol–water partition coefficient (Wildman–Crippen LogP) is 0.648. The van der Waals surface area contributed by atoms with Crippen molar-refractivity contribution in [3.63, 3.8) is 0 Å². The van der Waals surface area contributed by atoms with Crippen molar-refractivity contribution >= 4 is 0 Å². The van der Waals surface area contributed by atoms with E-state index >= 15 is 0 Å². The van der Waals surface area contributed by atoms with Gasteiger partial charge in [-0.15, -0.1) is 0 Å². The highest BCUT2D eigenvalue weighted by Gasteiger charge is 2.30. The SMILES string of the molecule is C[C@H]1C[C@H]2NCCCN2C1. The second-order valence-electron chi connectivity index (χ2n) is 3.66. The van der Waals surface area contributed by atoms with Crippen LogP contribution in [0.15, 0.2) is 0 Å². The lowest BCUT2D eigenvalue weighted by Crippen LogP contribution is -2.47. The molecule has 0 radical (unpaired) electrons. The molecule has 2 aliphatic rings. The van der Waals surface area contributed by atoms with E-state index in [9.17, 15) is 0 Å². The van der Waals surface area contributed by atoms with Crippen LogP contribution < -0.4 is 5.32 Å². The van der Waals surface area contributed by atoms with Crippen LogP contribution in [0, 0.1) is 5.92 Å². The van der Waals surface area contributed by atoms with Gasteiger partial charge >= 0.3 is 0 Å². The van der Waals surface area contributed by atoms with Crippen molar-refractivity contribution in [2.45, 2.75) is 25.9 Å². The molecule has 2 rings (SSSR count). The van der Waals surface area contributed by atoms with Crippen molar-refractivity contribution in [3.05, 3.63) is 0 Å². The molecule has 0 amide bonds. The summed E-state index contributed by atoms with van der Waals surface area (Å²) in [5, 5.41) is 3.54. The molecule has 0 aliphatic carbocycles. The van der Waals surface area contributed by atoms with Gasteiger partial charge in [-0.2, -0.15) is 0 Å². The molecule has 0 aromatic carbocycles. The lowest BCUT2D eigenvalue weighted by atomic mass is 10.1. The van der Waals surface area contributed by atoms with Gasteiger partial charge in [-0.05, 0) is 25.3 Å². The molecular formula is C8H16N2. The Morgan fingerprint density at radius 1 is 1.50 bits per heavy atom. The maximum Gasteiger partial charge on any atom is 0.0600 e. The maximum absolute atomic E-state index is 3.54. The Bertz CT molecular complexity index is 110. The molecule has 0 unspecified atom stereocenters. The van der Waals surface area contributed by atoms with Crippen LogP contribution in [0.1, 0.15) is 19.8 Å². The average Bonchev–Trinajstić information content (AvgIpc) is 2.27. The van der Waals surface area contributed by atoms with Crippen LogP contribution in [-0.2, 0) is 0 Å². The first-order valence-electron chi connectivity index (χ1n) is 4.33. The Labute approximate surface area is 62.6 Å². The molecule has 2 fully saturated rings. The van der Waals surface area contributed by atoms with Crippen LogP contribution in [0.3, 0.4) is 0 Å². The number of fused-ring (bicyclic) bond motifs is 1. The number of hydrogen-bond donors (Lipinski definition) is 1. The lowest BCUT2D eigenvalue weighted by molar-refractivity contribution is 0.178. The summed E-state index contributed by atoms with van der Waals surface area (Å²) in [6.45, 7) is 6.22. The molecule has 2 saturated heterocycles.